The van der Waals surface area contributed by atoms with Gasteiger partial charge >= 0.3 is 0 Å². The lowest BCUT2D eigenvalue weighted by Gasteiger charge is -2.16. The lowest BCUT2D eigenvalue weighted by atomic mass is 10.2. The van der Waals surface area contributed by atoms with Crippen LogP contribution in [0.1, 0.15) is 0 Å². The number of methoxy groups -OCH3 is 1. The van der Waals surface area contributed by atoms with Crippen LogP contribution in [0, 0.1) is 11.8 Å². The summed E-state index contributed by atoms with van der Waals surface area (Å²) in [5.74, 6) is 6.02. The van der Waals surface area contributed by atoms with E-state index in [4.69, 9.17) is 16.3 Å². The molecule has 36 heavy (non-hydrogen) atoms. The Bertz CT molecular complexity index is 1360. The van der Waals surface area contributed by atoms with E-state index < -0.39 is 13.0 Å². The molecule has 9 nitrogen and oxygen atoms in total. The highest BCUT2D eigenvalue weighted by atomic mass is 35.5. The largest absolute Gasteiger partial charge is 0.495 e. The van der Waals surface area contributed by atoms with E-state index in [0.717, 1.165) is 0 Å². The number of hydrogen-bond acceptors (Lipinski definition) is 8. The number of anilines is 5. The molecule has 0 saturated carbocycles. The van der Waals surface area contributed by atoms with Crippen LogP contribution in [0.5, 0.6) is 5.75 Å². The number of hydrogen-bond donors (Lipinski definition) is 3. The van der Waals surface area contributed by atoms with Crippen molar-refractivity contribution in [2.24, 2.45) is 0 Å². The van der Waals surface area contributed by atoms with Crippen LogP contribution in [-0.4, -0.2) is 61.9 Å². The maximum absolute atomic E-state index is 12.7. The van der Waals surface area contributed by atoms with Crippen LogP contribution >= 0.6 is 18.7 Å². The zero-order valence-corrected chi connectivity index (χ0v) is 22.4. The first-order chi connectivity index (χ1) is 17.1. The van der Waals surface area contributed by atoms with Crippen LogP contribution in [0.15, 0.2) is 48.7 Å². The molecule has 188 valence electrons. The number of carbonyl (C=O) groups is 1. The third-order valence-electron chi connectivity index (χ3n) is 4.78. The van der Waals surface area contributed by atoms with Gasteiger partial charge in [0.05, 0.1) is 31.2 Å². The number of nitrogens with one attached hydrogen (secondary N) is 3. The summed E-state index contributed by atoms with van der Waals surface area (Å²) in [6.45, 7) is 3.88. The van der Waals surface area contributed by atoms with Gasteiger partial charge in [0.15, 0.2) is 5.82 Å². The van der Waals surface area contributed by atoms with E-state index in [1.165, 1.54) is 13.3 Å². The molecule has 0 saturated heterocycles. The summed E-state index contributed by atoms with van der Waals surface area (Å²) in [7, 11) is 2.74. The summed E-state index contributed by atoms with van der Waals surface area (Å²) in [5, 5.41) is 9.98. The molecule has 0 aliphatic carbocycles. The lowest BCUT2D eigenvalue weighted by Crippen LogP contribution is -2.13. The van der Waals surface area contributed by atoms with Gasteiger partial charge in [-0.05, 0) is 63.7 Å². The number of amides is 1. The van der Waals surface area contributed by atoms with Gasteiger partial charge in [0, 0.05) is 11.0 Å². The fourth-order valence-corrected chi connectivity index (χ4v) is 4.43. The molecule has 3 aromatic rings. The fraction of sp³-hybridized carbons (Fsp3) is 0.240. The predicted octanol–water partition coefficient (Wildman–Crippen LogP) is 4.38. The second-order valence-electron chi connectivity index (χ2n) is 8.42. The second-order valence-corrected chi connectivity index (χ2v) is 12.0. The molecule has 0 unspecified atom stereocenters. The number of para-hydroxylation sites is 1. The molecule has 1 amide bonds. The highest BCUT2D eigenvalue weighted by Gasteiger charge is 2.17. The summed E-state index contributed by atoms with van der Waals surface area (Å²) in [6, 6.07) is 12.4. The molecule has 0 aliphatic heterocycles. The molecule has 0 spiro atoms. The number of rotatable bonds is 8. The molecule has 11 heteroatoms. The van der Waals surface area contributed by atoms with Crippen molar-refractivity contribution in [3.05, 3.63) is 53.7 Å². The summed E-state index contributed by atoms with van der Waals surface area (Å²) >= 11 is 6.35. The van der Waals surface area contributed by atoms with Crippen molar-refractivity contribution in [2.45, 2.75) is 0 Å². The quantitative estimate of drug-likeness (QED) is 0.293. The zero-order valence-electron chi connectivity index (χ0n) is 20.7. The Balaban J connectivity index is 1.85. The van der Waals surface area contributed by atoms with Crippen molar-refractivity contribution in [1.29, 1.82) is 0 Å². The molecular weight excluding hydrogens is 499 g/mol. The molecule has 3 N–H and O–H groups in total. The van der Waals surface area contributed by atoms with Gasteiger partial charge in [-0.2, -0.15) is 4.98 Å². The van der Waals surface area contributed by atoms with Crippen LogP contribution in [0.2, 0.25) is 5.02 Å². The Hall–Kier alpha value is -3.57. The molecule has 0 aliphatic rings. The number of benzene rings is 2. The van der Waals surface area contributed by atoms with Crippen molar-refractivity contribution < 1.29 is 14.1 Å². The van der Waals surface area contributed by atoms with Crippen LogP contribution in [-0.2, 0) is 9.36 Å². The van der Waals surface area contributed by atoms with E-state index in [1.807, 2.05) is 43.3 Å². The van der Waals surface area contributed by atoms with Gasteiger partial charge in [0.1, 0.15) is 17.9 Å². The summed E-state index contributed by atoms with van der Waals surface area (Å²) in [6.07, 6.45) is 1.46. The topological polar surface area (TPSA) is 108 Å². The van der Waals surface area contributed by atoms with E-state index in [1.54, 1.807) is 31.5 Å². The summed E-state index contributed by atoms with van der Waals surface area (Å²) in [4.78, 5) is 22.8. The number of halogens is 1. The standard InChI is InChI=1S/C25H28ClN6O3P/c1-32(2)14-8-11-23(33)28-17-12-13-21(35-3)20(15-17)30-25-27-16-18(26)24(31-25)29-19-9-6-7-10-22(19)36(4,5)34/h6-7,9-10,12-13,15-16H,14H2,1-5H3,(H,28,33)(H2,27,29,30,31). The Morgan fingerprint density at radius 2 is 1.89 bits per heavy atom. The summed E-state index contributed by atoms with van der Waals surface area (Å²) in [5.41, 5.74) is 1.69. The number of aromatic nitrogens is 2. The zero-order chi connectivity index (χ0) is 26.3. The summed E-state index contributed by atoms with van der Waals surface area (Å²) < 4.78 is 18.1. The number of carbonyl (C=O) groups excluding carboxylic acids is 1. The van der Waals surface area contributed by atoms with Gasteiger partial charge in [0.2, 0.25) is 5.95 Å². The number of ether oxygens (including phenoxy) is 1. The van der Waals surface area contributed by atoms with E-state index >= 15 is 0 Å². The number of nitrogens with zero attached hydrogens (tertiary/aromatic N) is 3. The third-order valence-corrected chi connectivity index (χ3v) is 6.61. The SMILES string of the molecule is COc1ccc(NC(=O)C#CCN(C)C)cc1Nc1ncc(Cl)c(Nc2ccccc2P(C)(C)=O)n1. The molecule has 2 aromatic carbocycles. The minimum atomic E-state index is -2.54. The van der Waals surface area contributed by atoms with Crippen molar-refractivity contribution in [1.82, 2.24) is 14.9 Å². The van der Waals surface area contributed by atoms with Gasteiger partial charge in [0.25, 0.3) is 5.91 Å². The van der Waals surface area contributed by atoms with Gasteiger partial charge in [-0.15, -0.1) is 0 Å². The van der Waals surface area contributed by atoms with Crippen LogP contribution in [0.3, 0.4) is 0 Å². The van der Waals surface area contributed by atoms with Gasteiger partial charge < -0.3 is 25.3 Å². The van der Waals surface area contributed by atoms with Crippen molar-refractivity contribution in [3.8, 4) is 17.6 Å². The third kappa shape index (κ3) is 7.46. The van der Waals surface area contributed by atoms with Crippen LogP contribution in [0.4, 0.5) is 28.8 Å². The Labute approximate surface area is 216 Å². The highest BCUT2D eigenvalue weighted by molar-refractivity contribution is 7.70. The normalized spacial score (nSPS) is 10.9. The minimum absolute atomic E-state index is 0.239. The molecule has 0 bridgehead atoms. The lowest BCUT2D eigenvalue weighted by molar-refractivity contribution is -0.111. The minimum Gasteiger partial charge on any atom is -0.495 e. The van der Waals surface area contributed by atoms with E-state index in [2.05, 4.69) is 37.8 Å². The Kier molecular flexibility index (Phi) is 8.94. The molecule has 0 fully saturated rings. The average Bonchev–Trinajstić information content (AvgIpc) is 2.81. The first kappa shape index (κ1) is 27.0. The van der Waals surface area contributed by atoms with Gasteiger partial charge in [-0.25, -0.2) is 4.98 Å². The smallest absolute Gasteiger partial charge is 0.300 e. The molecule has 0 atom stereocenters. The first-order valence-electron chi connectivity index (χ1n) is 10.9. The molecule has 1 aromatic heterocycles. The van der Waals surface area contributed by atoms with Crippen molar-refractivity contribution >= 4 is 58.8 Å². The van der Waals surface area contributed by atoms with E-state index in [-0.39, 0.29) is 5.95 Å². The fourth-order valence-electron chi connectivity index (χ4n) is 3.14. The maximum atomic E-state index is 12.7. The predicted molar refractivity (Wildman–Crippen MR) is 147 cm³/mol. The van der Waals surface area contributed by atoms with Gasteiger partial charge in [-0.3, -0.25) is 9.69 Å². The Morgan fingerprint density at radius 1 is 1.14 bits per heavy atom. The monoisotopic (exact) mass is 526 g/mol. The Morgan fingerprint density at radius 3 is 2.58 bits per heavy atom. The first-order valence-corrected chi connectivity index (χ1v) is 13.9. The molecule has 0 radical (unpaired) electrons. The van der Waals surface area contributed by atoms with Crippen molar-refractivity contribution in [3.63, 3.8) is 0 Å². The van der Waals surface area contributed by atoms with E-state index in [0.29, 0.717) is 45.5 Å². The average molecular weight is 527 g/mol. The van der Waals surface area contributed by atoms with Crippen molar-refractivity contribution in [2.75, 3.05) is 57.0 Å². The van der Waals surface area contributed by atoms with Crippen LogP contribution in [0.25, 0.3) is 0 Å². The second kappa shape index (κ2) is 11.9. The molecular formula is C25H28ClN6O3P. The molecule has 3 rings (SSSR count). The van der Waals surface area contributed by atoms with E-state index in [9.17, 15) is 9.36 Å². The molecule has 1 heterocycles. The van der Waals surface area contributed by atoms with Gasteiger partial charge in [-0.1, -0.05) is 29.7 Å². The highest BCUT2D eigenvalue weighted by Crippen LogP contribution is 2.39. The maximum Gasteiger partial charge on any atom is 0.300 e. The van der Waals surface area contributed by atoms with Crippen LogP contribution < -0.4 is 26.0 Å².